The lowest BCUT2D eigenvalue weighted by molar-refractivity contribution is 0.0997. The highest BCUT2D eigenvalue weighted by molar-refractivity contribution is 9.10. The van der Waals surface area contributed by atoms with Gasteiger partial charge in [0.05, 0.1) is 17.6 Å². The monoisotopic (exact) mass is 312 g/mol. The number of rotatable bonds is 2. The summed E-state index contributed by atoms with van der Waals surface area (Å²) in [6.45, 7) is 0. The molecule has 2 N–H and O–H groups in total. The number of halogens is 1. The summed E-state index contributed by atoms with van der Waals surface area (Å²) in [7, 11) is 1.67. The molecule has 0 aliphatic heterocycles. The molecule has 0 atom stereocenters. The zero-order valence-electron chi connectivity index (χ0n) is 8.92. The molecule has 17 heavy (non-hydrogen) atoms. The Morgan fingerprint density at radius 3 is 2.88 bits per heavy atom. The Morgan fingerprint density at radius 2 is 2.29 bits per heavy atom. The second kappa shape index (κ2) is 4.80. The predicted molar refractivity (Wildman–Crippen MR) is 71.2 cm³/mol. The minimum absolute atomic E-state index is 0.172. The van der Waals surface area contributed by atoms with Crippen LogP contribution in [0.5, 0.6) is 0 Å². The summed E-state index contributed by atoms with van der Waals surface area (Å²) in [5.74, 6) is -0.172. The molecule has 0 saturated carbocycles. The second-order valence-electron chi connectivity index (χ2n) is 3.35. The highest BCUT2D eigenvalue weighted by Gasteiger charge is 2.17. The van der Waals surface area contributed by atoms with E-state index in [4.69, 9.17) is 5.73 Å². The Bertz CT molecular complexity index is 543. The van der Waals surface area contributed by atoms with Crippen molar-refractivity contribution in [3.8, 4) is 0 Å². The molecule has 5 nitrogen and oxygen atoms in total. The van der Waals surface area contributed by atoms with Crippen molar-refractivity contribution in [1.82, 2.24) is 9.59 Å². The van der Waals surface area contributed by atoms with Gasteiger partial charge < -0.3 is 10.6 Å². The number of nitrogen functional groups attached to an aromatic ring is 1. The molecule has 1 amide bonds. The summed E-state index contributed by atoms with van der Waals surface area (Å²) in [6, 6.07) is 5.37. The number of nitrogens with zero attached hydrogens (tertiary/aromatic N) is 3. The molecule has 1 aromatic carbocycles. The summed E-state index contributed by atoms with van der Waals surface area (Å²) in [4.78, 5) is 14.0. The van der Waals surface area contributed by atoms with Crippen LogP contribution in [0.25, 0.3) is 0 Å². The number of benzene rings is 1. The van der Waals surface area contributed by atoms with E-state index in [9.17, 15) is 4.79 Å². The smallest absolute Gasteiger partial charge is 0.271 e. The topological polar surface area (TPSA) is 72.1 Å². The fraction of sp³-hybridized carbons (Fsp3) is 0.100. The molecule has 88 valence electrons. The maximum Gasteiger partial charge on any atom is 0.271 e. The minimum Gasteiger partial charge on any atom is -0.397 e. The third kappa shape index (κ3) is 2.45. The van der Waals surface area contributed by atoms with Crippen LogP contribution in [0.1, 0.15) is 9.67 Å². The molecule has 7 heteroatoms. The van der Waals surface area contributed by atoms with Gasteiger partial charge in [0, 0.05) is 11.5 Å². The lowest BCUT2D eigenvalue weighted by Gasteiger charge is -2.18. The molecule has 2 rings (SSSR count). The van der Waals surface area contributed by atoms with Gasteiger partial charge in [-0.3, -0.25) is 4.79 Å². The van der Waals surface area contributed by atoms with Crippen molar-refractivity contribution in [2.24, 2.45) is 0 Å². The number of carbonyl (C=O) groups is 1. The van der Waals surface area contributed by atoms with Crippen LogP contribution in [0.3, 0.4) is 0 Å². The maximum atomic E-state index is 12.0. The van der Waals surface area contributed by atoms with Crippen LogP contribution in [0.15, 0.2) is 28.9 Å². The number of hydrogen-bond acceptors (Lipinski definition) is 5. The van der Waals surface area contributed by atoms with Crippen molar-refractivity contribution in [3.63, 3.8) is 0 Å². The van der Waals surface area contributed by atoms with E-state index in [-0.39, 0.29) is 5.91 Å². The molecule has 1 heterocycles. The standard InChI is InChI=1S/C10H9BrN4OS/c1-15(10(16)9-5-13-14-17-9)8-3-2-6(11)4-7(8)12/h2-5H,12H2,1H3. The predicted octanol–water partition coefficient (Wildman–Crippen LogP) is 2.16. The molecule has 2 aromatic rings. The Balaban J connectivity index is 2.31. The van der Waals surface area contributed by atoms with Crippen LogP contribution in [0, 0.1) is 0 Å². The van der Waals surface area contributed by atoms with E-state index in [1.165, 1.54) is 11.1 Å². The number of aromatic nitrogens is 2. The summed E-state index contributed by atoms with van der Waals surface area (Å²) < 4.78 is 4.54. The Kier molecular flexibility index (Phi) is 3.39. The van der Waals surface area contributed by atoms with Crippen LogP contribution in [-0.4, -0.2) is 22.5 Å². The van der Waals surface area contributed by atoms with E-state index in [1.54, 1.807) is 19.2 Å². The third-order valence-corrected chi connectivity index (χ3v) is 3.37. The van der Waals surface area contributed by atoms with E-state index in [0.717, 1.165) is 16.0 Å². The molecular weight excluding hydrogens is 304 g/mol. The van der Waals surface area contributed by atoms with E-state index < -0.39 is 0 Å². The van der Waals surface area contributed by atoms with Gasteiger partial charge in [0.15, 0.2) is 0 Å². The van der Waals surface area contributed by atoms with Gasteiger partial charge in [-0.05, 0) is 29.7 Å². The number of carbonyl (C=O) groups excluding carboxylic acids is 1. The first-order valence-corrected chi connectivity index (χ1v) is 6.26. The van der Waals surface area contributed by atoms with Crippen molar-refractivity contribution in [1.29, 1.82) is 0 Å². The molecule has 0 aliphatic rings. The van der Waals surface area contributed by atoms with Crippen LogP contribution in [-0.2, 0) is 0 Å². The van der Waals surface area contributed by atoms with E-state index in [1.807, 2.05) is 6.07 Å². The average molecular weight is 313 g/mol. The van der Waals surface area contributed by atoms with Crippen LogP contribution in [0.4, 0.5) is 11.4 Å². The van der Waals surface area contributed by atoms with Gasteiger partial charge in [-0.25, -0.2) is 0 Å². The molecule has 1 aromatic heterocycles. The number of amides is 1. The molecule has 0 unspecified atom stereocenters. The van der Waals surface area contributed by atoms with E-state index in [0.29, 0.717) is 16.3 Å². The summed E-state index contributed by atoms with van der Waals surface area (Å²) in [6.07, 6.45) is 1.44. The van der Waals surface area contributed by atoms with Gasteiger partial charge in [-0.2, -0.15) is 0 Å². The fourth-order valence-corrected chi connectivity index (χ4v) is 2.24. The maximum absolute atomic E-state index is 12.0. The van der Waals surface area contributed by atoms with E-state index in [2.05, 4.69) is 25.5 Å². The highest BCUT2D eigenvalue weighted by atomic mass is 79.9. The zero-order chi connectivity index (χ0) is 12.4. The number of anilines is 2. The molecular formula is C10H9BrN4OS. The molecule has 0 spiro atoms. The minimum atomic E-state index is -0.172. The Hall–Kier alpha value is -1.47. The molecule has 0 radical (unpaired) electrons. The van der Waals surface area contributed by atoms with Crippen LogP contribution in [0.2, 0.25) is 0 Å². The third-order valence-electron chi connectivity index (χ3n) is 2.23. The van der Waals surface area contributed by atoms with Gasteiger partial charge in [0.25, 0.3) is 5.91 Å². The molecule has 0 aliphatic carbocycles. The summed E-state index contributed by atoms with van der Waals surface area (Å²) in [5.41, 5.74) is 7.06. The van der Waals surface area contributed by atoms with Gasteiger partial charge in [-0.15, -0.1) is 5.10 Å². The van der Waals surface area contributed by atoms with E-state index >= 15 is 0 Å². The molecule has 0 saturated heterocycles. The number of hydrogen-bond donors (Lipinski definition) is 1. The first kappa shape index (κ1) is 12.0. The first-order valence-electron chi connectivity index (χ1n) is 4.70. The SMILES string of the molecule is CN(C(=O)c1cnns1)c1ccc(Br)cc1N. The van der Waals surface area contributed by atoms with Crippen molar-refractivity contribution in [3.05, 3.63) is 33.7 Å². The van der Waals surface area contributed by atoms with Crippen molar-refractivity contribution < 1.29 is 4.79 Å². The lowest BCUT2D eigenvalue weighted by Crippen LogP contribution is -2.26. The second-order valence-corrected chi connectivity index (χ2v) is 5.05. The van der Waals surface area contributed by atoms with Crippen LogP contribution >= 0.6 is 27.5 Å². The largest absolute Gasteiger partial charge is 0.397 e. The fourth-order valence-electron chi connectivity index (χ4n) is 1.37. The summed E-state index contributed by atoms with van der Waals surface area (Å²) in [5, 5.41) is 3.64. The van der Waals surface area contributed by atoms with Gasteiger partial charge in [0.2, 0.25) is 0 Å². The van der Waals surface area contributed by atoms with Crippen molar-refractivity contribution >= 4 is 44.7 Å². The average Bonchev–Trinajstić information content (AvgIpc) is 2.80. The zero-order valence-corrected chi connectivity index (χ0v) is 11.3. The van der Waals surface area contributed by atoms with Gasteiger partial charge >= 0.3 is 0 Å². The highest BCUT2D eigenvalue weighted by Crippen LogP contribution is 2.27. The van der Waals surface area contributed by atoms with Gasteiger partial charge in [-0.1, -0.05) is 20.4 Å². The Labute approximate surface area is 111 Å². The number of nitrogens with two attached hydrogens (primary N) is 1. The van der Waals surface area contributed by atoms with Crippen molar-refractivity contribution in [2.75, 3.05) is 17.7 Å². The first-order chi connectivity index (χ1) is 8.09. The summed E-state index contributed by atoms with van der Waals surface area (Å²) >= 11 is 4.38. The van der Waals surface area contributed by atoms with Crippen LogP contribution < -0.4 is 10.6 Å². The van der Waals surface area contributed by atoms with Gasteiger partial charge in [0.1, 0.15) is 4.88 Å². The molecule has 0 bridgehead atoms. The molecule has 0 fully saturated rings. The normalized spacial score (nSPS) is 10.2. The lowest BCUT2D eigenvalue weighted by atomic mass is 10.2. The van der Waals surface area contributed by atoms with Crippen molar-refractivity contribution in [2.45, 2.75) is 0 Å². The quantitative estimate of drug-likeness (QED) is 0.862. The Morgan fingerprint density at radius 1 is 1.53 bits per heavy atom.